The van der Waals surface area contributed by atoms with Gasteiger partial charge in [-0.05, 0) is 49.7 Å². The van der Waals surface area contributed by atoms with Crippen molar-refractivity contribution >= 4 is 39.5 Å². The first-order chi connectivity index (χ1) is 16.5. The Morgan fingerprint density at radius 3 is 2.32 bits per heavy atom. The van der Waals surface area contributed by atoms with Gasteiger partial charge in [-0.3, -0.25) is 14.4 Å². The van der Waals surface area contributed by atoms with Gasteiger partial charge in [0.1, 0.15) is 16.3 Å². The van der Waals surface area contributed by atoms with E-state index in [1.54, 1.807) is 48.5 Å². The number of aryl methyl sites for hydroxylation is 1. The van der Waals surface area contributed by atoms with Crippen molar-refractivity contribution in [3.63, 3.8) is 0 Å². The van der Waals surface area contributed by atoms with E-state index in [-0.39, 0.29) is 10.6 Å². The Labute approximate surface area is 200 Å². The second kappa shape index (κ2) is 10.3. The lowest BCUT2D eigenvalue weighted by atomic mass is 10.2. The topological polar surface area (TPSA) is 102 Å². The summed E-state index contributed by atoms with van der Waals surface area (Å²) in [5.41, 5.74) is 1.26. The van der Waals surface area contributed by atoms with Gasteiger partial charge < -0.3 is 15.4 Å². The summed E-state index contributed by atoms with van der Waals surface area (Å²) in [6, 6.07) is 17.2. The highest BCUT2D eigenvalue weighted by Gasteiger charge is 2.26. The van der Waals surface area contributed by atoms with Crippen LogP contribution in [0.2, 0.25) is 0 Å². The minimum Gasteiger partial charge on any atom is -0.494 e. The van der Waals surface area contributed by atoms with Crippen molar-refractivity contribution in [2.45, 2.75) is 26.7 Å². The van der Waals surface area contributed by atoms with E-state index in [0.29, 0.717) is 40.8 Å². The minimum absolute atomic E-state index is 0.0529. The third-order valence-corrected chi connectivity index (χ3v) is 5.99. The van der Waals surface area contributed by atoms with Crippen molar-refractivity contribution in [3.8, 4) is 5.75 Å². The summed E-state index contributed by atoms with van der Waals surface area (Å²) in [5.74, 6) is -0.399. The predicted octanol–water partition coefficient (Wildman–Crippen LogP) is 4.61. The van der Waals surface area contributed by atoms with Crippen LogP contribution < -0.4 is 20.9 Å². The van der Waals surface area contributed by atoms with Crippen LogP contribution >= 0.6 is 11.3 Å². The third kappa shape index (κ3) is 4.99. The Hall–Kier alpha value is -3.98. The molecule has 0 aliphatic rings. The van der Waals surface area contributed by atoms with Crippen LogP contribution in [0.3, 0.4) is 0 Å². The van der Waals surface area contributed by atoms with Crippen LogP contribution in [0.25, 0.3) is 4.96 Å². The molecule has 9 heteroatoms. The Kier molecular flexibility index (Phi) is 7.03. The summed E-state index contributed by atoms with van der Waals surface area (Å²) in [6.45, 7) is 4.41. The molecule has 0 spiro atoms. The number of benzene rings is 2. The van der Waals surface area contributed by atoms with E-state index in [4.69, 9.17) is 4.74 Å². The number of rotatable bonds is 8. The molecule has 4 aromatic rings. The Morgan fingerprint density at radius 1 is 0.971 bits per heavy atom. The summed E-state index contributed by atoms with van der Waals surface area (Å²) in [6.07, 6.45) is 1.45. The molecule has 2 heterocycles. The van der Waals surface area contributed by atoms with E-state index in [0.717, 1.165) is 17.8 Å². The van der Waals surface area contributed by atoms with Gasteiger partial charge in [-0.15, -0.1) is 0 Å². The van der Waals surface area contributed by atoms with Gasteiger partial charge in [-0.1, -0.05) is 42.9 Å². The van der Waals surface area contributed by atoms with Gasteiger partial charge in [-0.25, -0.2) is 9.38 Å². The van der Waals surface area contributed by atoms with Crippen molar-refractivity contribution in [2.75, 3.05) is 17.2 Å². The van der Waals surface area contributed by atoms with Gasteiger partial charge in [0, 0.05) is 23.1 Å². The molecule has 8 nitrogen and oxygen atoms in total. The van der Waals surface area contributed by atoms with Gasteiger partial charge >= 0.3 is 0 Å². The Morgan fingerprint density at radius 2 is 1.65 bits per heavy atom. The molecule has 0 radical (unpaired) electrons. The molecule has 0 saturated heterocycles. The number of carbonyl (C=O) groups is 2. The summed E-state index contributed by atoms with van der Waals surface area (Å²) in [5, 5.41) is 5.57. The van der Waals surface area contributed by atoms with E-state index >= 15 is 0 Å². The molecule has 2 aromatic carbocycles. The largest absolute Gasteiger partial charge is 0.494 e. The van der Waals surface area contributed by atoms with Crippen molar-refractivity contribution in [1.29, 1.82) is 0 Å². The van der Waals surface area contributed by atoms with Crippen LogP contribution in [0.5, 0.6) is 5.75 Å². The fraction of sp³-hybridized carbons (Fsp3) is 0.200. The molecule has 4 rings (SSSR count). The second-order valence-electron chi connectivity index (χ2n) is 7.47. The predicted molar refractivity (Wildman–Crippen MR) is 133 cm³/mol. The minimum atomic E-state index is -0.583. The van der Waals surface area contributed by atoms with E-state index in [1.807, 2.05) is 19.9 Å². The number of thiazole rings is 1. The molecule has 0 aliphatic carbocycles. The van der Waals surface area contributed by atoms with Crippen LogP contribution in [0.4, 0.5) is 11.4 Å². The highest BCUT2D eigenvalue weighted by molar-refractivity contribution is 7.19. The quantitative estimate of drug-likeness (QED) is 0.387. The number of hydrogen-bond donors (Lipinski definition) is 2. The average molecular weight is 477 g/mol. The number of nitrogens with one attached hydrogen (secondary N) is 2. The van der Waals surface area contributed by atoms with Gasteiger partial charge in [0.2, 0.25) is 0 Å². The van der Waals surface area contributed by atoms with Crippen LogP contribution in [-0.4, -0.2) is 27.8 Å². The molecule has 174 valence electrons. The molecule has 0 fully saturated rings. The first-order valence-electron chi connectivity index (χ1n) is 11.0. The SMILES string of the molecule is CCCc1cc(=O)n2c(C(=O)Nc3ccc(OCC)cc3)c(C(=O)Nc3ccccc3)sc2n1. The van der Waals surface area contributed by atoms with Gasteiger partial charge in [-0.2, -0.15) is 0 Å². The normalized spacial score (nSPS) is 10.8. The Balaban J connectivity index is 1.75. The highest BCUT2D eigenvalue weighted by atomic mass is 32.1. The number of carbonyl (C=O) groups excluding carboxylic acids is 2. The van der Waals surface area contributed by atoms with Crippen molar-refractivity contribution in [3.05, 3.63) is 87.3 Å². The monoisotopic (exact) mass is 476 g/mol. The molecule has 0 atom stereocenters. The summed E-state index contributed by atoms with van der Waals surface area (Å²) in [4.78, 5) is 44.4. The number of amides is 2. The maximum absolute atomic E-state index is 13.3. The third-order valence-electron chi connectivity index (χ3n) is 4.96. The number of para-hydroxylation sites is 1. The van der Waals surface area contributed by atoms with Crippen LogP contribution in [-0.2, 0) is 6.42 Å². The lowest BCUT2D eigenvalue weighted by Crippen LogP contribution is -2.25. The van der Waals surface area contributed by atoms with Crippen LogP contribution in [0.15, 0.2) is 65.5 Å². The van der Waals surface area contributed by atoms with Crippen molar-refractivity contribution in [1.82, 2.24) is 9.38 Å². The van der Waals surface area contributed by atoms with Gasteiger partial charge in [0.05, 0.1) is 6.61 Å². The van der Waals surface area contributed by atoms with Crippen molar-refractivity contribution in [2.24, 2.45) is 0 Å². The molecule has 2 aromatic heterocycles. The van der Waals surface area contributed by atoms with Crippen LogP contribution in [0.1, 0.15) is 46.1 Å². The lowest BCUT2D eigenvalue weighted by Gasteiger charge is -2.09. The zero-order valence-electron chi connectivity index (χ0n) is 18.8. The number of nitrogens with zero attached hydrogens (tertiary/aromatic N) is 2. The molecule has 2 N–H and O–H groups in total. The molecule has 2 amide bonds. The number of anilines is 2. The highest BCUT2D eigenvalue weighted by Crippen LogP contribution is 2.25. The van der Waals surface area contributed by atoms with E-state index in [2.05, 4.69) is 15.6 Å². The smallest absolute Gasteiger partial charge is 0.274 e. The number of ether oxygens (including phenoxy) is 1. The van der Waals surface area contributed by atoms with E-state index in [1.165, 1.54) is 10.5 Å². The standard InChI is InChI=1S/C25H24N4O4S/c1-3-8-18-15-20(30)29-21(23(31)26-17-11-13-19(14-12-17)33-4-2)22(34-25(29)28-18)24(32)27-16-9-6-5-7-10-16/h5-7,9-15H,3-4,8H2,1-2H3,(H,26,31)(H,27,32). The maximum Gasteiger partial charge on any atom is 0.274 e. The zero-order chi connectivity index (χ0) is 24.1. The summed E-state index contributed by atoms with van der Waals surface area (Å²) >= 11 is 1.01. The summed E-state index contributed by atoms with van der Waals surface area (Å²) < 4.78 is 6.63. The van der Waals surface area contributed by atoms with Crippen molar-refractivity contribution < 1.29 is 14.3 Å². The molecule has 34 heavy (non-hydrogen) atoms. The van der Waals surface area contributed by atoms with Gasteiger partial charge in [0.15, 0.2) is 4.96 Å². The molecular formula is C25H24N4O4S. The van der Waals surface area contributed by atoms with Gasteiger partial charge in [0.25, 0.3) is 17.4 Å². The molecule has 0 bridgehead atoms. The molecule has 0 unspecified atom stereocenters. The van der Waals surface area contributed by atoms with E-state index in [9.17, 15) is 14.4 Å². The zero-order valence-corrected chi connectivity index (χ0v) is 19.6. The molecule has 0 saturated carbocycles. The molecule has 0 aliphatic heterocycles. The lowest BCUT2D eigenvalue weighted by molar-refractivity contribution is 0.0989. The number of fused-ring (bicyclic) bond motifs is 1. The Bertz CT molecular complexity index is 1380. The molecular weight excluding hydrogens is 452 g/mol. The fourth-order valence-electron chi connectivity index (χ4n) is 3.47. The average Bonchev–Trinajstić information content (AvgIpc) is 3.22. The fourth-order valence-corrected chi connectivity index (χ4v) is 4.51. The summed E-state index contributed by atoms with van der Waals surface area (Å²) in [7, 11) is 0. The maximum atomic E-state index is 13.3. The first kappa shape index (κ1) is 23.2. The van der Waals surface area contributed by atoms with Crippen LogP contribution in [0, 0.1) is 0 Å². The second-order valence-corrected chi connectivity index (χ2v) is 8.44. The number of aromatic nitrogens is 2. The first-order valence-corrected chi connectivity index (χ1v) is 11.8. The number of hydrogen-bond acceptors (Lipinski definition) is 6. The van der Waals surface area contributed by atoms with E-state index < -0.39 is 17.4 Å².